The summed E-state index contributed by atoms with van der Waals surface area (Å²) in [5, 5.41) is 24.3. The Morgan fingerprint density at radius 3 is 2.78 bits per heavy atom. The molecule has 1 aromatic heterocycles. The molecule has 0 radical (unpaired) electrons. The van der Waals surface area contributed by atoms with Crippen LogP contribution >= 0.6 is 22.9 Å². The molecule has 0 aliphatic carbocycles. The van der Waals surface area contributed by atoms with E-state index in [4.69, 9.17) is 11.6 Å². The van der Waals surface area contributed by atoms with E-state index in [0.717, 1.165) is 5.56 Å². The van der Waals surface area contributed by atoms with E-state index in [1.165, 1.54) is 10.9 Å². The number of halogens is 1. The minimum Gasteiger partial charge on any atom is -0.506 e. The summed E-state index contributed by atoms with van der Waals surface area (Å²) in [5.74, 6) is 0.0513. The molecular weight excluding hydrogens is 270 g/mol. The lowest BCUT2D eigenvalue weighted by Crippen LogP contribution is -2.23. The molecule has 2 aromatic rings. The van der Waals surface area contributed by atoms with Crippen LogP contribution in [0.1, 0.15) is 16.5 Å². The lowest BCUT2D eigenvalue weighted by Gasteiger charge is -2.16. The summed E-state index contributed by atoms with van der Waals surface area (Å²) in [7, 11) is 0. The van der Waals surface area contributed by atoms with E-state index in [0.29, 0.717) is 11.6 Å². The quantitative estimate of drug-likeness (QED) is 0.791. The molecule has 0 spiro atoms. The molecule has 96 valence electrons. The Balaban J connectivity index is 2.05. The number of aliphatic hydroxyl groups excluding tert-OH is 1. The van der Waals surface area contributed by atoms with Crippen molar-refractivity contribution in [1.82, 2.24) is 5.32 Å². The summed E-state index contributed by atoms with van der Waals surface area (Å²) in [4.78, 5) is 1.21. The van der Waals surface area contributed by atoms with Gasteiger partial charge in [0.1, 0.15) is 5.75 Å². The molecule has 0 aliphatic rings. The Hall–Kier alpha value is -1.07. The predicted octanol–water partition coefficient (Wildman–Crippen LogP) is 2.93. The van der Waals surface area contributed by atoms with Gasteiger partial charge in [0.25, 0.3) is 0 Å². The largest absolute Gasteiger partial charge is 0.506 e. The highest BCUT2D eigenvalue weighted by Gasteiger charge is 2.11. The molecule has 1 heterocycles. The van der Waals surface area contributed by atoms with Gasteiger partial charge in [-0.25, -0.2) is 0 Å². The molecule has 0 fully saturated rings. The summed E-state index contributed by atoms with van der Waals surface area (Å²) in [6, 6.07) is 8.80. The van der Waals surface area contributed by atoms with Crippen molar-refractivity contribution in [2.45, 2.75) is 12.6 Å². The third-order valence-corrected chi connectivity index (χ3v) is 3.84. The van der Waals surface area contributed by atoms with Crippen LogP contribution in [0.4, 0.5) is 0 Å². The molecule has 0 saturated heterocycles. The van der Waals surface area contributed by atoms with Crippen molar-refractivity contribution in [3.8, 4) is 5.75 Å². The number of aliphatic hydroxyl groups is 1. The van der Waals surface area contributed by atoms with Crippen LogP contribution in [0.25, 0.3) is 0 Å². The zero-order valence-electron chi connectivity index (χ0n) is 9.64. The summed E-state index contributed by atoms with van der Waals surface area (Å²) in [6.45, 7) is 0.674. The van der Waals surface area contributed by atoms with Crippen molar-refractivity contribution in [2.75, 3.05) is 6.61 Å². The van der Waals surface area contributed by atoms with Crippen molar-refractivity contribution in [3.05, 3.63) is 51.2 Å². The van der Waals surface area contributed by atoms with Crippen molar-refractivity contribution in [2.24, 2.45) is 0 Å². The van der Waals surface area contributed by atoms with Gasteiger partial charge >= 0.3 is 0 Å². The molecule has 1 atom stereocenters. The van der Waals surface area contributed by atoms with Gasteiger partial charge in [0.05, 0.1) is 17.7 Å². The first-order chi connectivity index (χ1) is 8.70. The Morgan fingerprint density at radius 1 is 1.33 bits per heavy atom. The van der Waals surface area contributed by atoms with Gasteiger partial charge in [0, 0.05) is 11.4 Å². The topological polar surface area (TPSA) is 52.5 Å². The van der Waals surface area contributed by atoms with E-state index < -0.39 is 0 Å². The number of phenols is 1. The number of benzene rings is 1. The second kappa shape index (κ2) is 6.20. The third kappa shape index (κ3) is 3.23. The number of thiophene rings is 1. The number of hydrogen-bond donors (Lipinski definition) is 3. The standard InChI is InChI=1S/C13H14ClNO2S/c14-11-6-9(3-4-13(11)17)12(8-16)15-7-10-2-1-5-18-10/h1-6,12,15-17H,7-8H2. The first-order valence-corrected chi connectivity index (χ1v) is 6.81. The smallest absolute Gasteiger partial charge is 0.134 e. The van der Waals surface area contributed by atoms with Gasteiger partial charge < -0.3 is 15.5 Å². The second-order valence-corrected chi connectivity index (χ2v) is 5.35. The van der Waals surface area contributed by atoms with E-state index in [1.807, 2.05) is 17.5 Å². The van der Waals surface area contributed by atoms with Crippen molar-refractivity contribution < 1.29 is 10.2 Å². The van der Waals surface area contributed by atoms with Gasteiger partial charge in [-0.3, -0.25) is 0 Å². The predicted molar refractivity (Wildman–Crippen MR) is 74.1 cm³/mol. The minimum atomic E-state index is -0.190. The Morgan fingerprint density at radius 2 is 2.17 bits per heavy atom. The molecule has 2 rings (SSSR count). The zero-order chi connectivity index (χ0) is 13.0. The number of nitrogens with one attached hydrogen (secondary N) is 1. The number of hydrogen-bond acceptors (Lipinski definition) is 4. The molecule has 1 unspecified atom stereocenters. The maximum Gasteiger partial charge on any atom is 0.134 e. The Bertz CT molecular complexity index is 502. The molecule has 3 N–H and O–H groups in total. The molecular formula is C13H14ClNO2S. The third-order valence-electron chi connectivity index (χ3n) is 2.66. The molecule has 0 bridgehead atoms. The van der Waals surface area contributed by atoms with Crippen molar-refractivity contribution in [3.63, 3.8) is 0 Å². The summed E-state index contributed by atoms with van der Waals surface area (Å²) in [5.41, 5.74) is 0.858. The average molecular weight is 284 g/mol. The maximum absolute atomic E-state index is 9.40. The lowest BCUT2D eigenvalue weighted by atomic mass is 10.1. The maximum atomic E-state index is 9.40. The summed E-state index contributed by atoms with van der Waals surface area (Å²) >= 11 is 7.52. The molecule has 1 aromatic carbocycles. The van der Waals surface area contributed by atoms with E-state index >= 15 is 0 Å². The zero-order valence-corrected chi connectivity index (χ0v) is 11.2. The van der Waals surface area contributed by atoms with Gasteiger partial charge in [0.2, 0.25) is 0 Å². The highest BCUT2D eigenvalue weighted by molar-refractivity contribution is 7.09. The first kappa shape index (κ1) is 13.4. The molecule has 18 heavy (non-hydrogen) atoms. The lowest BCUT2D eigenvalue weighted by molar-refractivity contribution is 0.244. The highest BCUT2D eigenvalue weighted by Crippen LogP contribution is 2.26. The second-order valence-electron chi connectivity index (χ2n) is 3.91. The van der Waals surface area contributed by atoms with Crippen LogP contribution in [0.15, 0.2) is 35.7 Å². The van der Waals surface area contributed by atoms with Crippen LogP contribution in [-0.4, -0.2) is 16.8 Å². The normalized spacial score (nSPS) is 12.6. The fraction of sp³-hybridized carbons (Fsp3) is 0.231. The molecule has 5 heteroatoms. The van der Waals surface area contributed by atoms with Crippen LogP contribution in [0.5, 0.6) is 5.75 Å². The average Bonchev–Trinajstić information content (AvgIpc) is 2.87. The monoisotopic (exact) mass is 283 g/mol. The van der Waals surface area contributed by atoms with Crippen molar-refractivity contribution >= 4 is 22.9 Å². The Labute approximate surface area is 115 Å². The number of rotatable bonds is 5. The fourth-order valence-corrected chi connectivity index (χ4v) is 2.51. The summed E-state index contributed by atoms with van der Waals surface area (Å²) in [6.07, 6.45) is 0. The Kier molecular flexibility index (Phi) is 4.60. The first-order valence-electron chi connectivity index (χ1n) is 5.55. The number of aromatic hydroxyl groups is 1. The highest BCUT2D eigenvalue weighted by atomic mass is 35.5. The van der Waals surface area contributed by atoms with Gasteiger partial charge in [0.15, 0.2) is 0 Å². The van der Waals surface area contributed by atoms with Crippen LogP contribution in [0.3, 0.4) is 0 Å². The van der Waals surface area contributed by atoms with Crippen LogP contribution in [-0.2, 0) is 6.54 Å². The summed E-state index contributed by atoms with van der Waals surface area (Å²) < 4.78 is 0. The van der Waals surface area contributed by atoms with Crippen LogP contribution in [0.2, 0.25) is 5.02 Å². The molecule has 3 nitrogen and oxygen atoms in total. The molecule has 0 aliphatic heterocycles. The fourth-order valence-electron chi connectivity index (χ4n) is 1.66. The van der Waals surface area contributed by atoms with E-state index in [9.17, 15) is 10.2 Å². The van der Waals surface area contributed by atoms with Gasteiger partial charge in [-0.2, -0.15) is 0 Å². The molecule has 0 amide bonds. The van der Waals surface area contributed by atoms with Gasteiger partial charge in [-0.05, 0) is 29.1 Å². The van der Waals surface area contributed by atoms with Gasteiger partial charge in [-0.15, -0.1) is 11.3 Å². The van der Waals surface area contributed by atoms with Crippen LogP contribution < -0.4 is 5.32 Å². The SMILES string of the molecule is OCC(NCc1cccs1)c1ccc(O)c(Cl)c1. The van der Waals surface area contributed by atoms with Crippen molar-refractivity contribution in [1.29, 1.82) is 0 Å². The number of phenolic OH excluding ortho intramolecular Hbond substituents is 1. The molecule has 0 saturated carbocycles. The van der Waals surface area contributed by atoms with E-state index in [-0.39, 0.29) is 18.4 Å². The minimum absolute atomic E-state index is 0.0213. The van der Waals surface area contributed by atoms with Crippen LogP contribution in [0, 0.1) is 0 Å². The van der Waals surface area contributed by atoms with E-state index in [2.05, 4.69) is 5.32 Å². The van der Waals surface area contributed by atoms with E-state index in [1.54, 1.807) is 23.5 Å². The van der Waals surface area contributed by atoms with Gasteiger partial charge in [-0.1, -0.05) is 23.7 Å².